The molecule has 7 nitrogen and oxygen atoms in total. The number of hydrogen-bond acceptors (Lipinski definition) is 6. The third kappa shape index (κ3) is 4.93. The maximum Gasteiger partial charge on any atom is 0.254 e. The van der Waals surface area contributed by atoms with Crippen molar-refractivity contribution in [3.8, 4) is 0 Å². The number of anilines is 1. The Hall–Kier alpha value is -4.04. The average Bonchev–Trinajstić information content (AvgIpc) is 3.53. The first-order chi connectivity index (χ1) is 17.0. The average molecular weight is 483 g/mol. The van der Waals surface area contributed by atoms with Crippen LogP contribution in [0.4, 0.5) is 5.82 Å². The molecule has 5 rings (SSSR count). The molecule has 3 heterocycles. The predicted molar refractivity (Wildman–Crippen MR) is 139 cm³/mol. The minimum atomic E-state index is -0.150. The highest BCUT2D eigenvalue weighted by atomic mass is 32.1. The summed E-state index contributed by atoms with van der Waals surface area (Å²) in [5.74, 6) is 0.369. The highest BCUT2D eigenvalue weighted by molar-refractivity contribution is 7.09. The number of amides is 1. The molecular weight excluding hydrogens is 456 g/mol. The maximum atomic E-state index is 12.8. The lowest BCUT2D eigenvalue weighted by molar-refractivity contribution is 0.0950. The zero-order valence-electron chi connectivity index (χ0n) is 19.7. The Morgan fingerprint density at radius 1 is 1.06 bits per heavy atom. The van der Waals surface area contributed by atoms with Crippen LogP contribution in [0.3, 0.4) is 0 Å². The first kappa shape index (κ1) is 22.7. The second-order valence-electron chi connectivity index (χ2n) is 8.62. The number of carbonyl (C=O) groups is 1. The molecule has 5 aromatic rings. The number of rotatable bonds is 7. The predicted octanol–water partition coefficient (Wildman–Crippen LogP) is 4.66. The summed E-state index contributed by atoms with van der Waals surface area (Å²) in [4.78, 5) is 21.3. The molecule has 0 fully saturated rings. The molecule has 3 N–H and O–H groups in total. The van der Waals surface area contributed by atoms with E-state index in [0.717, 1.165) is 44.5 Å². The number of benzene rings is 2. The molecule has 3 aromatic heterocycles. The number of carbonyl (C=O) groups excluding carboxylic acids is 1. The van der Waals surface area contributed by atoms with E-state index in [1.165, 1.54) is 5.56 Å². The lowest BCUT2D eigenvalue weighted by Gasteiger charge is -2.14. The summed E-state index contributed by atoms with van der Waals surface area (Å²) in [6.45, 7) is 5.11. The van der Waals surface area contributed by atoms with E-state index in [0.29, 0.717) is 24.5 Å². The third-order valence-electron chi connectivity index (χ3n) is 6.24. The second-order valence-corrected chi connectivity index (χ2v) is 9.60. The van der Waals surface area contributed by atoms with Crippen LogP contribution in [0, 0.1) is 13.8 Å². The van der Waals surface area contributed by atoms with Gasteiger partial charge in [-0.2, -0.15) is 5.10 Å². The lowest BCUT2D eigenvalue weighted by atomic mass is 9.96. The van der Waals surface area contributed by atoms with Gasteiger partial charge >= 0.3 is 0 Å². The van der Waals surface area contributed by atoms with Gasteiger partial charge in [-0.05, 0) is 59.2 Å². The lowest BCUT2D eigenvalue weighted by Crippen LogP contribution is -2.23. The topological polar surface area (TPSA) is 98.7 Å². The van der Waals surface area contributed by atoms with Crippen LogP contribution < -0.4 is 11.1 Å². The monoisotopic (exact) mass is 482 g/mol. The van der Waals surface area contributed by atoms with E-state index in [4.69, 9.17) is 5.73 Å². The fourth-order valence-corrected chi connectivity index (χ4v) is 4.96. The number of nitrogens with zero attached hydrogens (tertiary/aromatic N) is 4. The molecule has 1 amide bonds. The van der Waals surface area contributed by atoms with Crippen LogP contribution in [0.5, 0.6) is 0 Å². The van der Waals surface area contributed by atoms with E-state index in [1.807, 2.05) is 30.6 Å². The molecule has 0 saturated heterocycles. The molecule has 0 bridgehead atoms. The third-order valence-corrected chi connectivity index (χ3v) is 7.02. The van der Waals surface area contributed by atoms with Gasteiger partial charge in [0, 0.05) is 42.3 Å². The van der Waals surface area contributed by atoms with E-state index in [-0.39, 0.29) is 5.91 Å². The van der Waals surface area contributed by atoms with Crippen molar-refractivity contribution < 1.29 is 4.79 Å². The van der Waals surface area contributed by atoms with Gasteiger partial charge in [0.05, 0.1) is 23.3 Å². The summed E-state index contributed by atoms with van der Waals surface area (Å²) in [6.07, 6.45) is 7.78. The van der Waals surface area contributed by atoms with Crippen molar-refractivity contribution in [3.63, 3.8) is 0 Å². The Morgan fingerprint density at radius 2 is 1.86 bits per heavy atom. The van der Waals surface area contributed by atoms with Crippen molar-refractivity contribution >= 4 is 33.8 Å². The van der Waals surface area contributed by atoms with Gasteiger partial charge in [-0.3, -0.25) is 9.48 Å². The van der Waals surface area contributed by atoms with Gasteiger partial charge in [-0.1, -0.05) is 24.3 Å². The Bertz CT molecular complexity index is 1490. The van der Waals surface area contributed by atoms with E-state index < -0.39 is 0 Å². The molecule has 0 spiro atoms. The van der Waals surface area contributed by atoms with Crippen LogP contribution in [0.1, 0.15) is 43.2 Å². The summed E-state index contributed by atoms with van der Waals surface area (Å²) in [5, 5.41) is 12.5. The summed E-state index contributed by atoms with van der Waals surface area (Å²) in [7, 11) is 0. The minimum absolute atomic E-state index is 0.150. The highest BCUT2D eigenvalue weighted by Gasteiger charge is 2.13. The Kier molecular flexibility index (Phi) is 6.29. The van der Waals surface area contributed by atoms with Crippen molar-refractivity contribution in [3.05, 3.63) is 105 Å². The van der Waals surface area contributed by atoms with Crippen LogP contribution in [0.2, 0.25) is 0 Å². The number of hydrogen-bond donors (Lipinski definition) is 2. The molecule has 2 aromatic carbocycles. The first-order valence-corrected chi connectivity index (χ1v) is 12.3. The molecule has 8 heteroatoms. The van der Waals surface area contributed by atoms with Crippen LogP contribution in [-0.4, -0.2) is 25.7 Å². The van der Waals surface area contributed by atoms with Gasteiger partial charge in [-0.15, -0.1) is 11.3 Å². The van der Waals surface area contributed by atoms with Gasteiger partial charge < -0.3 is 11.1 Å². The van der Waals surface area contributed by atoms with Crippen molar-refractivity contribution in [1.82, 2.24) is 25.1 Å². The Labute approximate surface area is 207 Å². The number of pyridine rings is 1. The SMILES string of the molecule is Cc1cc2c(N)nccc2c(C)c1CNC(=O)c1cnn(Cc2ccc(Cc3nccs3)cc2)c1. The molecule has 0 unspecified atom stereocenters. The zero-order chi connectivity index (χ0) is 24.4. The van der Waals surface area contributed by atoms with Gasteiger partial charge in [0.1, 0.15) is 5.82 Å². The number of fused-ring (bicyclic) bond motifs is 1. The van der Waals surface area contributed by atoms with Crippen LogP contribution in [-0.2, 0) is 19.5 Å². The molecule has 0 aliphatic rings. The van der Waals surface area contributed by atoms with Gasteiger partial charge in [0.15, 0.2) is 0 Å². The van der Waals surface area contributed by atoms with Crippen LogP contribution >= 0.6 is 11.3 Å². The first-order valence-electron chi connectivity index (χ1n) is 11.4. The summed E-state index contributed by atoms with van der Waals surface area (Å²) in [5.41, 5.74) is 12.2. The second kappa shape index (κ2) is 9.68. The Morgan fingerprint density at radius 3 is 2.63 bits per heavy atom. The number of thiazole rings is 1. The summed E-state index contributed by atoms with van der Waals surface area (Å²) < 4.78 is 1.78. The van der Waals surface area contributed by atoms with Crippen LogP contribution in [0.25, 0.3) is 10.8 Å². The molecule has 0 aliphatic carbocycles. The number of nitrogens with one attached hydrogen (secondary N) is 1. The molecule has 0 aliphatic heterocycles. The van der Waals surface area contributed by atoms with Gasteiger partial charge in [-0.25, -0.2) is 9.97 Å². The smallest absolute Gasteiger partial charge is 0.254 e. The van der Waals surface area contributed by atoms with Crippen molar-refractivity contribution in [2.24, 2.45) is 0 Å². The quantitative estimate of drug-likeness (QED) is 0.352. The number of nitrogen functional groups attached to an aromatic ring is 1. The maximum absolute atomic E-state index is 12.8. The van der Waals surface area contributed by atoms with Gasteiger partial charge in [0.25, 0.3) is 5.91 Å². The fourth-order valence-electron chi connectivity index (χ4n) is 4.30. The standard InChI is InChI=1S/C27H26N6OS/c1-17-11-23-22(7-8-30-26(23)28)18(2)24(17)14-31-27(34)21-13-32-33(16-21)15-20-5-3-19(4-6-20)12-25-29-9-10-35-25/h3-11,13,16H,12,14-15H2,1-2H3,(H2,28,30)(H,31,34). The largest absolute Gasteiger partial charge is 0.383 e. The van der Waals surface area contributed by atoms with Gasteiger partial charge in [0.2, 0.25) is 0 Å². The Balaban J connectivity index is 1.23. The number of nitrogens with two attached hydrogens (primary N) is 1. The summed E-state index contributed by atoms with van der Waals surface area (Å²) in [6, 6.07) is 12.4. The summed E-state index contributed by atoms with van der Waals surface area (Å²) >= 11 is 1.66. The van der Waals surface area contributed by atoms with Crippen molar-refractivity contribution in [1.29, 1.82) is 0 Å². The highest BCUT2D eigenvalue weighted by Crippen LogP contribution is 2.27. The number of aryl methyl sites for hydroxylation is 2. The molecular formula is C27H26N6OS. The molecule has 0 saturated carbocycles. The van der Waals surface area contributed by atoms with E-state index in [1.54, 1.807) is 34.6 Å². The van der Waals surface area contributed by atoms with Crippen LogP contribution in [0.15, 0.2) is 66.6 Å². The van der Waals surface area contributed by atoms with E-state index >= 15 is 0 Å². The number of aromatic nitrogens is 4. The van der Waals surface area contributed by atoms with E-state index in [2.05, 4.69) is 51.6 Å². The van der Waals surface area contributed by atoms with Crippen molar-refractivity contribution in [2.75, 3.05) is 5.73 Å². The molecule has 176 valence electrons. The minimum Gasteiger partial charge on any atom is -0.383 e. The molecule has 0 atom stereocenters. The van der Waals surface area contributed by atoms with Crippen molar-refractivity contribution in [2.45, 2.75) is 33.4 Å². The molecule has 0 radical (unpaired) electrons. The zero-order valence-corrected chi connectivity index (χ0v) is 20.5. The fraction of sp³-hybridized carbons (Fsp3) is 0.185. The molecule has 35 heavy (non-hydrogen) atoms. The normalized spacial score (nSPS) is 11.1. The van der Waals surface area contributed by atoms with E-state index in [9.17, 15) is 4.79 Å².